The molecule has 4 rings (SSSR count). The van der Waals surface area contributed by atoms with Gasteiger partial charge in [-0.1, -0.05) is 0 Å². The lowest BCUT2D eigenvalue weighted by atomic mass is 9.67. The van der Waals surface area contributed by atoms with Gasteiger partial charge in [0.1, 0.15) is 5.82 Å². The summed E-state index contributed by atoms with van der Waals surface area (Å²) in [6.45, 7) is 11.9. The predicted molar refractivity (Wildman–Crippen MR) is 106 cm³/mol. The van der Waals surface area contributed by atoms with Crippen LogP contribution in [-0.4, -0.2) is 60.3 Å². The van der Waals surface area contributed by atoms with Gasteiger partial charge in [-0.3, -0.25) is 4.79 Å². The number of hydrogen-bond donors (Lipinski definition) is 0. The number of pyridine rings is 1. The van der Waals surface area contributed by atoms with Crippen LogP contribution >= 0.6 is 0 Å². The van der Waals surface area contributed by atoms with E-state index in [1.165, 1.54) is 6.42 Å². The van der Waals surface area contributed by atoms with Gasteiger partial charge in [-0.05, 0) is 64.9 Å². The molecule has 0 aromatic carbocycles. The number of hydrogen-bond acceptors (Lipinski definition) is 5. The zero-order valence-electron chi connectivity index (χ0n) is 16.9. The molecule has 3 saturated heterocycles. The third-order valence-corrected chi connectivity index (χ3v) is 6.66. The second-order valence-corrected chi connectivity index (χ2v) is 9.00. The van der Waals surface area contributed by atoms with Gasteiger partial charge in [-0.2, -0.15) is 0 Å². The maximum absolute atomic E-state index is 12.8. The van der Waals surface area contributed by atoms with Gasteiger partial charge in [0.15, 0.2) is 0 Å². The van der Waals surface area contributed by atoms with E-state index in [1.807, 2.05) is 17.0 Å². The van der Waals surface area contributed by atoms with Gasteiger partial charge in [-0.25, -0.2) is 4.98 Å². The Hall–Kier alpha value is -1.60. The molecule has 1 aromatic heterocycles. The first-order valence-corrected chi connectivity index (χ1v) is 10.1. The van der Waals surface area contributed by atoms with Crippen molar-refractivity contribution < 1.29 is 14.1 Å². The highest BCUT2D eigenvalue weighted by molar-refractivity contribution is 6.47. The van der Waals surface area contributed by atoms with Gasteiger partial charge < -0.3 is 19.1 Å². The Morgan fingerprint density at radius 1 is 1.07 bits per heavy atom. The predicted octanol–water partition coefficient (Wildman–Crippen LogP) is 2.99. The number of rotatable bonds is 3. The Balaban J connectivity index is 1.33. The molecule has 4 heterocycles. The minimum atomic E-state index is -0.297. The summed E-state index contributed by atoms with van der Waals surface area (Å²) in [5.74, 6) is 1.38. The average molecular weight is 371 g/mol. The van der Waals surface area contributed by atoms with Crippen LogP contribution in [0.25, 0.3) is 0 Å². The van der Waals surface area contributed by atoms with Gasteiger partial charge in [0.05, 0.1) is 16.8 Å². The smallest absolute Gasteiger partial charge is 0.403 e. The van der Waals surface area contributed by atoms with E-state index in [4.69, 9.17) is 9.31 Å². The van der Waals surface area contributed by atoms with Crippen LogP contribution < -0.4 is 4.90 Å². The molecule has 6 nitrogen and oxygen atoms in total. The SMILES string of the molecule is CC1(C)OB(C2CCN(C(=O)c3ccc(N4CCC4)nc3)CC2)OC1(C)C. The number of carbonyl (C=O) groups is 1. The van der Waals surface area contributed by atoms with Crippen LogP contribution in [0.2, 0.25) is 5.82 Å². The zero-order valence-corrected chi connectivity index (χ0v) is 16.9. The van der Waals surface area contributed by atoms with Crippen LogP contribution in [0.5, 0.6) is 0 Å². The van der Waals surface area contributed by atoms with Crippen molar-refractivity contribution in [2.45, 2.75) is 64.0 Å². The maximum Gasteiger partial charge on any atom is 0.461 e. The van der Waals surface area contributed by atoms with E-state index >= 15 is 0 Å². The van der Waals surface area contributed by atoms with Crippen molar-refractivity contribution in [2.75, 3.05) is 31.1 Å². The summed E-state index contributed by atoms with van der Waals surface area (Å²) in [5, 5.41) is 0. The van der Waals surface area contributed by atoms with Gasteiger partial charge in [0.25, 0.3) is 5.91 Å². The Bertz CT molecular complexity index is 679. The number of nitrogens with zero attached hydrogens (tertiary/aromatic N) is 3. The highest BCUT2D eigenvalue weighted by Crippen LogP contribution is 2.42. The Morgan fingerprint density at radius 3 is 2.19 bits per heavy atom. The van der Waals surface area contributed by atoms with Crippen molar-refractivity contribution in [1.82, 2.24) is 9.88 Å². The molecule has 1 aromatic rings. The zero-order chi connectivity index (χ0) is 19.2. The second kappa shape index (κ2) is 6.78. The summed E-state index contributed by atoms with van der Waals surface area (Å²) >= 11 is 0. The van der Waals surface area contributed by atoms with Crippen LogP contribution in [0.3, 0.4) is 0 Å². The summed E-state index contributed by atoms with van der Waals surface area (Å²) in [6.07, 6.45) is 4.75. The molecule has 146 valence electrons. The lowest BCUT2D eigenvalue weighted by Gasteiger charge is -2.33. The summed E-state index contributed by atoms with van der Waals surface area (Å²) in [6, 6.07) is 3.87. The maximum atomic E-state index is 12.8. The van der Waals surface area contributed by atoms with E-state index in [1.54, 1.807) is 6.20 Å². The van der Waals surface area contributed by atoms with Crippen molar-refractivity contribution in [3.05, 3.63) is 23.9 Å². The van der Waals surface area contributed by atoms with Crippen LogP contribution in [-0.2, 0) is 9.31 Å². The highest BCUT2D eigenvalue weighted by atomic mass is 16.7. The Kier molecular flexibility index (Phi) is 4.71. The molecular formula is C20H30BN3O3. The quantitative estimate of drug-likeness (QED) is 0.765. The van der Waals surface area contributed by atoms with E-state index in [9.17, 15) is 4.79 Å². The number of likely N-dealkylation sites (tertiary alicyclic amines) is 1. The first-order chi connectivity index (χ1) is 12.8. The Labute approximate surface area is 162 Å². The molecular weight excluding hydrogens is 341 g/mol. The number of carbonyl (C=O) groups excluding carboxylic acids is 1. The van der Waals surface area contributed by atoms with Gasteiger partial charge in [-0.15, -0.1) is 0 Å². The fraction of sp³-hybridized carbons (Fsp3) is 0.700. The fourth-order valence-electron chi connectivity index (χ4n) is 3.88. The van der Waals surface area contributed by atoms with Crippen molar-refractivity contribution in [2.24, 2.45) is 0 Å². The lowest BCUT2D eigenvalue weighted by molar-refractivity contribution is 0.00578. The van der Waals surface area contributed by atoms with Crippen LogP contribution in [0.15, 0.2) is 18.3 Å². The normalized spacial score (nSPS) is 24.8. The number of amides is 1. The van der Waals surface area contributed by atoms with E-state index in [2.05, 4.69) is 37.6 Å². The van der Waals surface area contributed by atoms with Gasteiger partial charge in [0, 0.05) is 32.4 Å². The Morgan fingerprint density at radius 2 is 1.70 bits per heavy atom. The van der Waals surface area contributed by atoms with Gasteiger partial charge >= 0.3 is 7.12 Å². The molecule has 3 fully saturated rings. The van der Waals surface area contributed by atoms with Crippen LogP contribution in [0.1, 0.15) is 57.3 Å². The number of aromatic nitrogens is 1. The first kappa shape index (κ1) is 18.8. The third-order valence-electron chi connectivity index (χ3n) is 6.66. The highest BCUT2D eigenvalue weighted by Gasteiger charge is 2.53. The standard InChI is InChI=1S/C20H30BN3O3/c1-19(2)20(3,4)27-21(26-19)16-8-12-24(13-9-16)18(25)15-6-7-17(22-14-15)23-10-5-11-23/h6-7,14,16H,5,8-13H2,1-4H3. The fourth-order valence-corrected chi connectivity index (χ4v) is 3.88. The molecule has 3 aliphatic rings. The van der Waals surface area contributed by atoms with Crippen LogP contribution in [0.4, 0.5) is 5.82 Å². The molecule has 1 amide bonds. The largest absolute Gasteiger partial charge is 0.461 e. The molecule has 0 atom stereocenters. The first-order valence-electron chi connectivity index (χ1n) is 10.1. The van der Waals surface area contributed by atoms with E-state index in [0.717, 1.165) is 44.8 Å². The number of anilines is 1. The summed E-state index contributed by atoms with van der Waals surface area (Å²) in [5.41, 5.74) is 0.0802. The second-order valence-electron chi connectivity index (χ2n) is 9.00. The van der Waals surface area contributed by atoms with Crippen molar-refractivity contribution in [1.29, 1.82) is 0 Å². The summed E-state index contributed by atoms with van der Waals surface area (Å²) < 4.78 is 12.4. The van der Waals surface area contributed by atoms with E-state index in [-0.39, 0.29) is 24.2 Å². The average Bonchev–Trinajstić information content (AvgIpc) is 2.81. The topological polar surface area (TPSA) is 54.9 Å². The van der Waals surface area contributed by atoms with Crippen molar-refractivity contribution in [3.8, 4) is 0 Å². The van der Waals surface area contributed by atoms with Crippen molar-refractivity contribution >= 4 is 18.8 Å². The minimum Gasteiger partial charge on any atom is -0.403 e. The van der Waals surface area contributed by atoms with Crippen molar-refractivity contribution in [3.63, 3.8) is 0 Å². The van der Waals surface area contributed by atoms with Gasteiger partial charge in [0.2, 0.25) is 0 Å². The molecule has 0 bridgehead atoms. The molecule has 0 aliphatic carbocycles. The van der Waals surface area contributed by atoms with Crippen LogP contribution in [0, 0.1) is 0 Å². The molecule has 0 unspecified atom stereocenters. The lowest BCUT2D eigenvalue weighted by Crippen LogP contribution is -2.41. The summed E-state index contributed by atoms with van der Waals surface area (Å²) in [4.78, 5) is 21.4. The molecule has 0 saturated carbocycles. The third kappa shape index (κ3) is 3.47. The number of piperidine rings is 1. The minimum absolute atomic E-state index is 0.0741. The van der Waals surface area contributed by atoms with E-state index in [0.29, 0.717) is 11.4 Å². The molecule has 0 N–H and O–H groups in total. The molecule has 27 heavy (non-hydrogen) atoms. The summed E-state index contributed by atoms with van der Waals surface area (Å²) in [7, 11) is -0.176. The molecule has 0 spiro atoms. The molecule has 3 aliphatic heterocycles. The van der Waals surface area contributed by atoms with E-state index < -0.39 is 0 Å². The molecule has 7 heteroatoms. The monoisotopic (exact) mass is 371 g/mol. The molecule has 0 radical (unpaired) electrons.